The van der Waals surface area contributed by atoms with Crippen LogP contribution in [0.25, 0.3) is 0 Å². The van der Waals surface area contributed by atoms with Gasteiger partial charge in [-0.1, -0.05) is 90.4 Å². The fourth-order valence-electron chi connectivity index (χ4n) is 4.17. The highest BCUT2D eigenvalue weighted by Crippen LogP contribution is 2.32. The molecule has 0 atom stereocenters. The molecule has 1 rings (SSSR count). The maximum absolute atomic E-state index is 10.5. The number of hydrogen-bond acceptors (Lipinski definition) is 3. The Morgan fingerprint density at radius 3 is 1.50 bits per heavy atom. The van der Waals surface area contributed by atoms with Crippen LogP contribution in [0.1, 0.15) is 129 Å². The second-order valence-electron chi connectivity index (χ2n) is 8.55. The smallest absolute Gasteiger partial charge is 0.303 e. The summed E-state index contributed by atoms with van der Waals surface area (Å²) in [6.45, 7) is 3.79. The van der Waals surface area contributed by atoms with Gasteiger partial charge in [0.15, 0.2) is 5.79 Å². The SMILES string of the molecule is CCCCCCCCCC1(CCCCCCCCCCCC(=O)O)OCCO1. The third kappa shape index (κ3) is 13.5. The van der Waals surface area contributed by atoms with Crippen LogP contribution in [-0.4, -0.2) is 30.1 Å². The lowest BCUT2D eigenvalue weighted by Gasteiger charge is -2.27. The Morgan fingerprint density at radius 2 is 1.07 bits per heavy atom. The molecule has 0 aromatic heterocycles. The fourth-order valence-corrected chi connectivity index (χ4v) is 4.17. The predicted octanol–water partition coefficient (Wildman–Crippen LogP) is 7.25. The Labute approximate surface area is 173 Å². The molecule has 0 bridgehead atoms. The van der Waals surface area contributed by atoms with Crippen molar-refractivity contribution in [3.05, 3.63) is 0 Å². The van der Waals surface area contributed by atoms with E-state index in [-0.39, 0.29) is 5.79 Å². The van der Waals surface area contributed by atoms with E-state index in [9.17, 15) is 4.79 Å². The molecular formula is C24H46O4. The summed E-state index contributed by atoms with van der Waals surface area (Å²) in [5.41, 5.74) is 0. The lowest BCUT2D eigenvalue weighted by Crippen LogP contribution is -2.30. The second-order valence-corrected chi connectivity index (χ2v) is 8.55. The maximum atomic E-state index is 10.5. The second kappa shape index (κ2) is 17.3. The van der Waals surface area contributed by atoms with Crippen molar-refractivity contribution in [2.75, 3.05) is 13.2 Å². The van der Waals surface area contributed by atoms with E-state index in [0.29, 0.717) is 6.42 Å². The molecule has 1 fully saturated rings. The van der Waals surface area contributed by atoms with Gasteiger partial charge in [-0.25, -0.2) is 0 Å². The van der Waals surface area contributed by atoms with Crippen molar-refractivity contribution < 1.29 is 19.4 Å². The first-order chi connectivity index (χ1) is 13.7. The Hall–Kier alpha value is -0.610. The molecular weight excluding hydrogens is 352 g/mol. The van der Waals surface area contributed by atoms with Gasteiger partial charge in [0.05, 0.1) is 13.2 Å². The normalized spacial score (nSPS) is 15.9. The number of carboxylic acid groups (broad SMARTS) is 1. The zero-order valence-electron chi connectivity index (χ0n) is 18.5. The molecule has 0 aromatic carbocycles. The number of hydrogen-bond donors (Lipinski definition) is 1. The average molecular weight is 399 g/mol. The highest BCUT2D eigenvalue weighted by Gasteiger charge is 2.35. The number of unbranched alkanes of at least 4 members (excludes halogenated alkanes) is 14. The minimum atomic E-state index is -0.667. The summed E-state index contributed by atoms with van der Waals surface area (Å²) < 4.78 is 12.0. The molecule has 1 heterocycles. The van der Waals surface area contributed by atoms with Crippen LogP contribution in [-0.2, 0) is 14.3 Å². The summed E-state index contributed by atoms with van der Waals surface area (Å²) in [4.78, 5) is 10.5. The van der Waals surface area contributed by atoms with E-state index >= 15 is 0 Å². The van der Waals surface area contributed by atoms with Crippen molar-refractivity contribution in [1.29, 1.82) is 0 Å². The number of ether oxygens (including phenoxy) is 2. The van der Waals surface area contributed by atoms with Gasteiger partial charge in [0.2, 0.25) is 0 Å². The van der Waals surface area contributed by atoms with Gasteiger partial charge >= 0.3 is 5.97 Å². The summed E-state index contributed by atoms with van der Waals surface area (Å²) in [6, 6.07) is 0. The van der Waals surface area contributed by atoms with Crippen molar-refractivity contribution in [3.8, 4) is 0 Å². The van der Waals surface area contributed by atoms with E-state index in [1.807, 2.05) is 0 Å². The van der Waals surface area contributed by atoms with Crippen LogP contribution in [0, 0.1) is 0 Å². The lowest BCUT2D eigenvalue weighted by atomic mass is 9.98. The van der Waals surface area contributed by atoms with E-state index in [1.165, 1.54) is 89.9 Å². The van der Waals surface area contributed by atoms with Crippen LogP contribution in [0.3, 0.4) is 0 Å². The Kier molecular flexibility index (Phi) is 15.7. The van der Waals surface area contributed by atoms with Gasteiger partial charge < -0.3 is 14.6 Å². The molecule has 0 aromatic rings. The van der Waals surface area contributed by atoms with E-state index in [1.54, 1.807) is 0 Å². The van der Waals surface area contributed by atoms with Crippen LogP contribution in [0.15, 0.2) is 0 Å². The molecule has 4 heteroatoms. The first-order valence-corrected chi connectivity index (χ1v) is 12.2. The Morgan fingerprint density at radius 1 is 0.679 bits per heavy atom. The van der Waals surface area contributed by atoms with Gasteiger partial charge in [-0.3, -0.25) is 4.79 Å². The molecule has 0 aliphatic carbocycles. The van der Waals surface area contributed by atoms with E-state index in [0.717, 1.165) is 38.9 Å². The summed E-state index contributed by atoms with van der Waals surface area (Å²) >= 11 is 0. The molecule has 28 heavy (non-hydrogen) atoms. The van der Waals surface area contributed by atoms with Gasteiger partial charge in [-0.15, -0.1) is 0 Å². The van der Waals surface area contributed by atoms with Gasteiger partial charge in [0.25, 0.3) is 0 Å². The zero-order valence-corrected chi connectivity index (χ0v) is 18.5. The lowest BCUT2D eigenvalue weighted by molar-refractivity contribution is -0.168. The van der Waals surface area contributed by atoms with E-state index in [2.05, 4.69) is 6.92 Å². The van der Waals surface area contributed by atoms with Gasteiger partial charge in [-0.05, 0) is 19.3 Å². The van der Waals surface area contributed by atoms with Crippen LogP contribution < -0.4 is 0 Å². The summed E-state index contributed by atoms with van der Waals surface area (Å²) in [6.07, 6.45) is 22.4. The summed E-state index contributed by atoms with van der Waals surface area (Å²) in [7, 11) is 0. The third-order valence-corrected chi connectivity index (χ3v) is 5.92. The van der Waals surface area contributed by atoms with Crippen LogP contribution >= 0.6 is 0 Å². The number of carboxylic acids is 1. The van der Waals surface area contributed by atoms with Gasteiger partial charge in [0, 0.05) is 19.3 Å². The van der Waals surface area contributed by atoms with Crippen LogP contribution in [0.2, 0.25) is 0 Å². The largest absolute Gasteiger partial charge is 0.481 e. The monoisotopic (exact) mass is 398 g/mol. The number of aliphatic carboxylic acids is 1. The zero-order chi connectivity index (χ0) is 20.3. The van der Waals surface area contributed by atoms with Crippen LogP contribution in [0.5, 0.6) is 0 Å². The molecule has 1 aliphatic rings. The first kappa shape index (κ1) is 25.4. The summed E-state index contributed by atoms with van der Waals surface area (Å²) in [5, 5.41) is 8.62. The highest BCUT2D eigenvalue weighted by atomic mass is 16.7. The topological polar surface area (TPSA) is 55.8 Å². The molecule has 0 saturated carbocycles. The van der Waals surface area contributed by atoms with Gasteiger partial charge in [-0.2, -0.15) is 0 Å². The van der Waals surface area contributed by atoms with Crippen molar-refractivity contribution in [1.82, 2.24) is 0 Å². The minimum Gasteiger partial charge on any atom is -0.481 e. The number of rotatable bonds is 20. The van der Waals surface area contributed by atoms with E-state index < -0.39 is 5.97 Å². The standard InChI is InChI=1S/C24H46O4/c1-2-3-4-5-10-13-16-19-24(27-21-22-28-24)20-17-14-11-8-6-7-9-12-15-18-23(25)26/h2-22H2,1H3,(H,25,26). The molecule has 4 nitrogen and oxygen atoms in total. The molecule has 0 radical (unpaired) electrons. The summed E-state index contributed by atoms with van der Waals surface area (Å²) in [5.74, 6) is -0.937. The molecule has 0 unspecified atom stereocenters. The van der Waals surface area contributed by atoms with Gasteiger partial charge in [0.1, 0.15) is 0 Å². The van der Waals surface area contributed by atoms with E-state index in [4.69, 9.17) is 14.6 Å². The third-order valence-electron chi connectivity index (χ3n) is 5.92. The Balaban J connectivity index is 1.96. The van der Waals surface area contributed by atoms with Crippen LogP contribution in [0.4, 0.5) is 0 Å². The predicted molar refractivity (Wildman–Crippen MR) is 116 cm³/mol. The van der Waals surface area contributed by atoms with Crippen molar-refractivity contribution in [2.45, 2.75) is 135 Å². The number of carbonyl (C=O) groups is 1. The average Bonchev–Trinajstić information content (AvgIpc) is 3.14. The fraction of sp³-hybridized carbons (Fsp3) is 0.958. The van der Waals surface area contributed by atoms with Crippen molar-refractivity contribution >= 4 is 5.97 Å². The maximum Gasteiger partial charge on any atom is 0.303 e. The highest BCUT2D eigenvalue weighted by molar-refractivity contribution is 5.66. The quantitative estimate of drug-likeness (QED) is 0.219. The minimum absolute atomic E-state index is 0.270. The molecule has 1 N–H and O–H groups in total. The Bertz CT molecular complexity index is 364. The van der Waals surface area contributed by atoms with Crippen molar-refractivity contribution in [2.24, 2.45) is 0 Å². The molecule has 1 aliphatic heterocycles. The first-order valence-electron chi connectivity index (χ1n) is 12.2. The molecule has 0 spiro atoms. The molecule has 0 amide bonds. The molecule has 166 valence electrons. The molecule has 1 saturated heterocycles. The van der Waals surface area contributed by atoms with Crippen molar-refractivity contribution in [3.63, 3.8) is 0 Å².